The number of amides is 2. The van der Waals surface area contributed by atoms with Crippen molar-refractivity contribution in [1.82, 2.24) is 10.6 Å². The molecule has 2 heterocycles. The van der Waals surface area contributed by atoms with Crippen molar-refractivity contribution in [2.24, 2.45) is 0 Å². The van der Waals surface area contributed by atoms with E-state index in [2.05, 4.69) is 10.6 Å². The zero-order valence-corrected chi connectivity index (χ0v) is 13.7. The standard InChI is InChI=1S/C18H20N2O4/c1-13-3-5-15(23-13)7-9-17(21)19-11-12-20-18(22)10-8-16-6-4-14(2)24-16/h3-10H,11-12H2,1-2H3,(H,19,21)(H,20,22)/b9-7+,10-8+. The van der Waals surface area contributed by atoms with Gasteiger partial charge in [0, 0.05) is 25.2 Å². The summed E-state index contributed by atoms with van der Waals surface area (Å²) < 4.78 is 10.6. The van der Waals surface area contributed by atoms with Crippen molar-refractivity contribution in [3.63, 3.8) is 0 Å². The lowest BCUT2D eigenvalue weighted by molar-refractivity contribution is -0.118. The van der Waals surface area contributed by atoms with E-state index in [9.17, 15) is 9.59 Å². The summed E-state index contributed by atoms with van der Waals surface area (Å²) in [5, 5.41) is 5.33. The van der Waals surface area contributed by atoms with E-state index in [-0.39, 0.29) is 11.8 Å². The summed E-state index contributed by atoms with van der Waals surface area (Å²) in [7, 11) is 0. The number of furan rings is 2. The Balaban J connectivity index is 1.63. The molecule has 0 fully saturated rings. The summed E-state index contributed by atoms with van der Waals surface area (Å²) >= 11 is 0. The first-order valence-corrected chi connectivity index (χ1v) is 7.57. The first-order valence-electron chi connectivity index (χ1n) is 7.57. The number of hydrogen-bond acceptors (Lipinski definition) is 4. The normalized spacial score (nSPS) is 11.2. The molecule has 0 aliphatic heterocycles. The third-order valence-electron chi connectivity index (χ3n) is 3.04. The summed E-state index contributed by atoms with van der Waals surface area (Å²) in [5.41, 5.74) is 0. The molecule has 0 spiro atoms. The number of aryl methyl sites for hydroxylation is 2. The van der Waals surface area contributed by atoms with Crippen LogP contribution in [0.4, 0.5) is 0 Å². The fourth-order valence-electron chi connectivity index (χ4n) is 1.89. The molecule has 0 aromatic carbocycles. The molecular weight excluding hydrogens is 308 g/mol. The Morgan fingerprint density at radius 3 is 1.58 bits per heavy atom. The van der Waals surface area contributed by atoms with Crippen LogP contribution in [0.15, 0.2) is 45.3 Å². The van der Waals surface area contributed by atoms with Crippen LogP contribution in [0.25, 0.3) is 12.2 Å². The van der Waals surface area contributed by atoms with E-state index < -0.39 is 0 Å². The minimum absolute atomic E-state index is 0.250. The lowest BCUT2D eigenvalue weighted by Gasteiger charge is -2.02. The van der Waals surface area contributed by atoms with Crippen molar-refractivity contribution in [1.29, 1.82) is 0 Å². The second-order valence-electron chi connectivity index (χ2n) is 5.15. The van der Waals surface area contributed by atoms with E-state index in [1.54, 1.807) is 24.3 Å². The van der Waals surface area contributed by atoms with Crippen LogP contribution in [0.5, 0.6) is 0 Å². The fraction of sp³-hybridized carbons (Fsp3) is 0.222. The smallest absolute Gasteiger partial charge is 0.244 e. The van der Waals surface area contributed by atoms with Crippen LogP contribution < -0.4 is 10.6 Å². The predicted molar refractivity (Wildman–Crippen MR) is 91.0 cm³/mol. The van der Waals surface area contributed by atoms with E-state index in [4.69, 9.17) is 8.83 Å². The molecule has 0 atom stereocenters. The van der Waals surface area contributed by atoms with Crippen LogP contribution in [0, 0.1) is 13.8 Å². The van der Waals surface area contributed by atoms with Gasteiger partial charge in [-0.25, -0.2) is 0 Å². The molecular formula is C18H20N2O4. The van der Waals surface area contributed by atoms with Gasteiger partial charge in [0.25, 0.3) is 0 Å². The van der Waals surface area contributed by atoms with Gasteiger partial charge in [-0.15, -0.1) is 0 Å². The number of nitrogens with one attached hydrogen (secondary N) is 2. The highest BCUT2D eigenvalue weighted by Gasteiger charge is 1.99. The summed E-state index contributed by atoms with van der Waals surface area (Å²) in [6.07, 6.45) is 5.96. The van der Waals surface area contributed by atoms with Crippen molar-refractivity contribution in [3.05, 3.63) is 59.5 Å². The second-order valence-corrected chi connectivity index (χ2v) is 5.15. The summed E-state index contributed by atoms with van der Waals surface area (Å²) in [6, 6.07) is 7.22. The molecule has 0 radical (unpaired) electrons. The van der Waals surface area contributed by atoms with Gasteiger partial charge >= 0.3 is 0 Å². The maximum absolute atomic E-state index is 11.6. The van der Waals surface area contributed by atoms with E-state index >= 15 is 0 Å². The van der Waals surface area contributed by atoms with E-state index in [0.717, 1.165) is 11.5 Å². The van der Waals surface area contributed by atoms with Crippen LogP contribution in [0.2, 0.25) is 0 Å². The van der Waals surface area contributed by atoms with Gasteiger partial charge in [-0.05, 0) is 50.3 Å². The molecule has 0 saturated heterocycles. The van der Waals surface area contributed by atoms with Gasteiger partial charge in [0.15, 0.2) is 0 Å². The molecule has 2 N–H and O–H groups in total. The highest BCUT2D eigenvalue weighted by atomic mass is 16.3. The van der Waals surface area contributed by atoms with E-state index in [1.165, 1.54) is 12.2 Å². The Labute approximate surface area is 140 Å². The average Bonchev–Trinajstić information content (AvgIpc) is 3.16. The van der Waals surface area contributed by atoms with Crippen LogP contribution in [-0.2, 0) is 9.59 Å². The molecule has 2 amide bonds. The van der Waals surface area contributed by atoms with E-state index in [0.29, 0.717) is 24.6 Å². The lowest BCUT2D eigenvalue weighted by Crippen LogP contribution is -2.33. The van der Waals surface area contributed by atoms with Crippen LogP contribution in [0.3, 0.4) is 0 Å². The van der Waals surface area contributed by atoms with Gasteiger partial charge < -0.3 is 19.5 Å². The van der Waals surface area contributed by atoms with Gasteiger partial charge in [0.2, 0.25) is 11.8 Å². The van der Waals surface area contributed by atoms with Crippen molar-refractivity contribution >= 4 is 24.0 Å². The largest absolute Gasteiger partial charge is 0.462 e. The van der Waals surface area contributed by atoms with Crippen molar-refractivity contribution < 1.29 is 18.4 Å². The first kappa shape index (κ1) is 17.3. The van der Waals surface area contributed by atoms with Crippen molar-refractivity contribution in [3.8, 4) is 0 Å². The molecule has 0 bridgehead atoms. The van der Waals surface area contributed by atoms with Crippen LogP contribution in [-0.4, -0.2) is 24.9 Å². The molecule has 126 valence electrons. The highest BCUT2D eigenvalue weighted by Crippen LogP contribution is 2.08. The molecule has 2 aromatic heterocycles. The Morgan fingerprint density at radius 1 is 0.833 bits per heavy atom. The quantitative estimate of drug-likeness (QED) is 0.604. The molecule has 2 aromatic rings. The molecule has 2 rings (SSSR count). The molecule has 0 unspecified atom stereocenters. The minimum Gasteiger partial charge on any atom is -0.462 e. The SMILES string of the molecule is Cc1ccc(/C=C/C(=O)NCCNC(=O)/C=C/c2ccc(C)o2)o1. The monoisotopic (exact) mass is 328 g/mol. The Hall–Kier alpha value is -3.02. The third-order valence-corrected chi connectivity index (χ3v) is 3.04. The number of hydrogen-bond donors (Lipinski definition) is 2. The molecule has 6 nitrogen and oxygen atoms in total. The van der Waals surface area contributed by atoms with Gasteiger partial charge in [-0.3, -0.25) is 9.59 Å². The molecule has 0 aliphatic carbocycles. The Morgan fingerprint density at radius 2 is 1.25 bits per heavy atom. The van der Waals surface area contributed by atoms with Crippen molar-refractivity contribution in [2.45, 2.75) is 13.8 Å². The zero-order valence-electron chi connectivity index (χ0n) is 13.7. The Kier molecular flexibility index (Phi) is 6.19. The van der Waals surface area contributed by atoms with Gasteiger partial charge in [-0.1, -0.05) is 0 Å². The lowest BCUT2D eigenvalue weighted by atomic mass is 10.3. The molecule has 0 aliphatic rings. The summed E-state index contributed by atoms with van der Waals surface area (Å²) in [4.78, 5) is 23.2. The Bertz CT molecular complexity index is 688. The average molecular weight is 328 g/mol. The topological polar surface area (TPSA) is 84.5 Å². The van der Waals surface area contributed by atoms with E-state index in [1.807, 2.05) is 26.0 Å². The van der Waals surface area contributed by atoms with Crippen molar-refractivity contribution in [2.75, 3.05) is 13.1 Å². The molecule has 0 saturated carbocycles. The van der Waals surface area contributed by atoms with Gasteiger partial charge in [0.1, 0.15) is 23.0 Å². The van der Waals surface area contributed by atoms with Gasteiger partial charge in [0.05, 0.1) is 0 Å². The molecule has 6 heteroatoms. The maximum atomic E-state index is 11.6. The summed E-state index contributed by atoms with van der Waals surface area (Å²) in [5.74, 6) is 2.31. The second kappa shape index (κ2) is 8.57. The fourth-order valence-corrected chi connectivity index (χ4v) is 1.89. The summed E-state index contributed by atoms with van der Waals surface area (Å²) in [6.45, 7) is 4.34. The predicted octanol–water partition coefficient (Wildman–Crippen LogP) is 2.45. The maximum Gasteiger partial charge on any atom is 0.244 e. The van der Waals surface area contributed by atoms with Crippen LogP contribution >= 0.6 is 0 Å². The minimum atomic E-state index is -0.250. The van der Waals surface area contributed by atoms with Gasteiger partial charge in [-0.2, -0.15) is 0 Å². The first-order chi connectivity index (χ1) is 11.5. The highest BCUT2D eigenvalue weighted by molar-refractivity contribution is 5.92. The molecule has 24 heavy (non-hydrogen) atoms. The number of carbonyl (C=O) groups is 2. The third kappa shape index (κ3) is 6.00. The zero-order chi connectivity index (χ0) is 17.4. The van der Waals surface area contributed by atoms with Crippen LogP contribution in [0.1, 0.15) is 23.0 Å². The number of carbonyl (C=O) groups excluding carboxylic acids is 2. The number of rotatable bonds is 7.